The number of benzene rings is 1. The third-order valence-electron chi connectivity index (χ3n) is 3.61. The molecule has 0 aliphatic carbocycles. The van der Waals surface area contributed by atoms with Gasteiger partial charge in [-0.3, -0.25) is 4.79 Å². The Bertz CT molecular complexity index is 624. The van der Waals surface area contributed by atoms with Crippen molar-refractivity contribution in [2.75, 3.05) is 7.05 Å². The number of aryl methyl sites for hydroxylation is 1. The Hall–Kier alpha value is -2.16. The van der Waals surface area contributed by atoms with Crippen molar-refractivity contribution in [3.8, 4) is 0 Å². The predicted octanol–water partition coefficient (Wildman–Crippen LogP) is 3.45. The first-order valence-electron chi connectivity index (χ1n) is 6.78. The highest BCUT2D eigenvalue weighted by Crippen LogP contribution is 2.22. The second-order valence-corrected chi connectivity index (χ2v) is 4.99. The van der Waals surface area contributed by atoms with Crippen LogP contribution in [0, 0.1) is 6.92 Å². The summed E-state index contributed by atoms with van der Waals surface area (Å²) in [4.78, 5) is 18.4. The summed E-state index contributed by atoms with van der Waals surface area (Å²) in [7, 11) is 1.96. The van der Waals surface area contributed by atoms with Crippen LogP contribution in [0.4, 0.5) is 0 Å². The lowest BCUT2D eigenvalue weighted by Gasteiger charge is -2.23. The normalized spacial score (nSPS) is 16.7. The maximum atomic E-state index is 12.1. The molecule has 104 valence electrons. The number of amidine groups is 1. The van der Waals surface area contributed by atoms with E-state index in [1.54, 1.807) is 0 Å². The van der Waals surface area contributed by atoms with Crippen LogP contribution in [0.2, 0.25) is 0 Å². The smallest absolute Gasteiger partial charge is 0.252 e. The SMILES string of the molecule is CC=CC1=C(C)N(C)C(c2ccccc2C)=NC(=O)C1. The fraction of sp³-hybridized carbons (Fsp3) is 0.294. The van der Waals surface area contributed by atoms with Gasteiger partial charge in [-0.1, -0.05) is 36.4 Å². The minimum absolute atomic E-state index is 0.0972. The Kier molecular flexibility index (Phi) is 4.18. The van der Waals surface area contributed by atoms with Crippen LogP contribution in [0.25, 0.3) is 0 Å². The number of carbonyl (C=O) groups excluding carboxylic acids is 1. The molecule has 0 N–H and O–H groups in total. The standard InChI is InChI=1S/C17H20N2O/c1-5-8-14-11-16(20)18-17(19(4)13(14)3)15-10-7-6-9-12(15)2/h5-10H,11H2,1-4H3. The molecule has 0 atom stereocenters. The predicted molar refractivity (Wildman–Crippen MR) is 82.6 cm³/mol. The van der Waals surface area contributed by atoms with Crippen LogP contribution in [0.1, 0.15) is 31.4 Å². The van der Waals surface area contributed by atoms with E-state index < -0.39 is 0 Å². The number of aliphatic imine (C=N–C) groups is 1. The van der Waals surface area contributed by atoms with Gasteiger partial charge < -0.3 is 4.90 Å². The monoisotopic (exact) mass is 268 g/mol. The molecule has 1 amide bonds. The van der Waals surface area contributed by atoms with Gasteiger partial charge in [0.1, 0.15) is 5.84 Å². The molecule has 0 saturated heterocycles. The van der Waals surface area contributed by atoms with Gasteiger partial charge in [0.05, 0.1) is 6.42 Å². The van der Waals surface area contributed by atoms with E-state index in [2.05, 4.69) is 4.99 Å². The Labute approximate surface area is 120 Å². The van der Waals surface area contributed by atoms with Crippen molar-refractivity contribution >= 4 is 11.7 Å². The second-order valence-electron chi connectivity index (χ2n) is 4.99. The maximum Gasteiger partial charge on any atom is 0.252 e. The molecule has 3 nitrogen and oxygen atoms in total. The van der Waals surface area contributed by atoms with E-state index in [9.17, 15) is 4.79 Å². The minimum atomic E-state index is -0.0972. The van der Waals surface area contributed by atoms with Gasteiger partial charge in [0, 0.05) is 18.3 Å². The van der Waals surface area contributed by atoms with E-state index in [1.165, 1.54) is 0 Å². The Morgan fingerprint density at radius 2 is 1.95 bits per heavy atom. The quantitative estimate of drug-likeness (QED) is 0.823. The molecule has 0 fully saturated rings. The second kappa shape index (κ2) is 5.87. The van der Waals surface area contributed by atoms with E-state index in [-0.39, 0.29) is 5.91 Å². The molecule has 0 aromatic heterocycles. The topological polar surface area (TPSA) is 32.7 Å². The molecule has 2 rings (SSSR count). The summed E-state index contributed by atoms with van der Waals surface area (Å²) in [5, 5.41) is 0. The molecule has 20 heavy (non-hydrogen) atoms. The van der Waals surface area contributed by atoms with E-state index in [1.807, 2.05) is 69.1 Å². The number of allylic oxidation sites excluding steroid dienone is 3. The molecule has 1 aliphatic rings. The lowest BCUT2D eigenvalue weighted by Crippen LogP contribution is -2.26. The lowest BCUT2D eigenvalue weighted by molar-refractivity contribution is -0.117. The van der Waals surface area contributed by atoms with E-state index in [4.69, 9.17) is 0 Å². The molecule has 1 aliphatic heterocycles. The van der Waals surface area contributed by atoms with Crippen LogP contribution in [0.5, 0.6) is 0 Å². The molecule has 0 radical (unpaired) electrons. The molecule has 1 aromatic rings. The fourth-order valence-electron chi connectivity index (χ4n) is 2.34. The number of hydrogen-bond donors (Lipinski definition) is 0. The molecular formula is C17H20N2O. The van der Waals surface area contributed by atoms with Gasteiger partial charge >= 0.3 is 0 Å². The van der Waals surface area contributed by atoms with Crippen molar-refractivity contribution in [3.05, 3.63) is 58.8 Å². The van der Waals surface area contributed by atoms with Crippen LogP contribution < -0.4 is 0 Å². The largest absolute Gasteiger partial charge is 0.333 e. The number of hydrogen-bond acceptors (Lipinski definition) is 2. The van der Waals surface area contributed by atoms with Crippen LogP contribution in [0.3, 0.4) is 0 Å². The summed E-state index contributed by atoms with van der Waals surface area (Å²) in [6.07, 6.45) is 4.30. The van der Waals surface area contributed by atoms with Crippen LogP contribution in [-0.4, -0.2) is 23.7 Å². The molecule has 0 bridgehead atoms. The zero-order valence-corrected chi connectivity index (χ0v) is 12.5. The summed E-state index contributed by atoms with van der Waals surface area (Å²) >= 11 is 0. The van der Waals surface area contributed by atoms with Crippen molar-refractivity contribution in [1.82, 2.24) is 4.90 Å². The van der Waals surface area contributed by atoms with Crippen molar-refractivity contribution in [1.29, 1.82) is 0 Å². The van der Waals surface area contributed by atoms with Crippen LogP contribution >= 0.6 is 0 Å². The van der Waals surface area contributed by atoms with Gasteiger partial charge in [0.15, 0.2) is 0 Å². The van der Waals surface area contributed by atoms with Crippen LogP contribution in [0.15, 0.2) is 52.7 Å². The number of rotatable bonds is 2. The van der Waals surface area contributed by atoms with E-state index in [0.29, 0.717) is 6.42 Å². The van der Waals surface area contributed by atoms with Crippen molar-refractivity contribution < 1.29 is 4.79 Å². The van der Waals surface area contributed by atoms with Crippen molar-refractivity contribution in [2.24, 2.45) is 4.99 Å². The average molecular weight is 268 g/mol. The highest BCUT2D eigenvalue weighted by Gasteiger charge is 2.21. The van der Waals surface area contributed by atoms with Crippen LogP contribution in [-0.2, 0) is 4.79 Å². The first-order chi connectivity index (χ1) is 9.54. The number of amides is 1. The van der Waals surface area contributed by atoms with E-state index >= 15 is 0 Å². The Morgan fingerprint density at radius 3 is 2.60 bits per heavy atom. The van der Waals surface area contributed by atoms with Gasteiger partial charge in [-0.05, 0) is 31.9 Å². The van der Waals surface area contributed by atoms with E-state index in [0.717, 1.165) is 28.2 Å². The number of carbonyl (C=O) groups is 1. The molecule has 0 unspecified atom stereocenters. The molecule has 0 spiro atoms. The van der Waals surface area contributed by atoms with Gasteiger partial charge in [-0.25, -0.2) is 0 Å². The molecule has 1 heterocycles. The molecule has 1 aromatic carbocycles. The summed E-state index contributed by atoms with van der Waals surface area (Å²) in [5.41, 5.74) is 4.21. The molecule has 3 heteroatoms. The Morgan fingerprint density at radius 1 is 1.25 bits per heavy atom. The van der Waals surface area contributed by atoms with Gasteiger partial charge in [0.25, 0.3) is 5.91 Å². The third-order valence-corrected chi connectivity index (χ3v) is 3.61. The van der Waals surface area contributed by atoms with Gasteiger partial charge in [-0.15, -0.1) is 0 Å². The zero-order valence-electron chi connectivity index (χ0n) is 12.5. The van der Waals surface area contributed by atoms with Crippen molar-refractivity contribution in [2.45, 2.75) is 27.2 Å². The average Bonchev–Trinajstić information content (AvgIpc) is 2.52. The lowest BCUT2D eigenvalue weighted by atomic mass is 10.1. The summed E-state index contributed by atoms with van der Waals surface area (Å²) in [6, 6.07) is 8.00. The fourth-order valence-corrected chi connectivity index (χ4v) is 2.34. The zero-order chi connectivity index (χ0) is 14.7. The minimum Gasteiger partial charge on any atom is -0.333 e. The third kappa shape index (κ3) is 2.72. The van der Waals surface area contributed by atoms with Gasteiger partial charge in [0.2, 0.25) is 0 Å². The highest BCUT2D eigenvalue weighted by atomic mass is 16.1. The first-order valence-corrected chi connectivity index (χ1v) is 6.78. The first kappa shape index (κ1) is 14.3. The van der Waals surface area contributed by atoms with Crippen molar-refractivity contribution in [3.63, 3.8) is 0 Å². The summed E-state index contributed by atoms with van der Waals surface area (Å²) in [5.74, 6) is 0.630. The Balaban J connectivity index is 2.55. The number of nitrogens with zero attached hydrogens (tertiary/aromatic N) is 2. The molecular weight excluding hydrogens is 248 g/mol. The summed E-state index contributed by atoms with van der Waals surface area (Å²) in [6.45, 7) is 6.02. The van der Waals surface area contributed by atoms with Gasteiger partial charge in [-0.2, -0.15) is 4.99 Å². The highest BCUT2D eigenvalue weighted by molar-refractivity contribution is 6.07. The maximum absolute atomic E-state index is 12.1. The molecule has 0 saturated carbocycles. The summed E-state index contributed by atoms with van der Waals surface area (Å²) < 4.78 is 0.